The smallest absolute Gasteiger partial charge is 0.172 e. The molecule has 3 rings (SSSR count). The number of hydrogen-bond donors (Lipinski definition) is 2. The highest BCUT2D eigenvalue weighted by atomic mass is 15.2. The zero-order valence-corrected chi connectivity index (χ0v) is 11.1. The van der Waals surface area contributed by atoms with E-state index in [2.05, 4.69) is 27.2 Å². The molecule has 0 unspecified atom stereocenters. The fourth-order valence-corrected chi connectivity index (χ4v) is 2.63. The van der Waals surface area contributed by atoms with Gasteiger partial charge in [-0.3, -0.25) is 0 Å². The Bertz CT molecular complexity index is 577. The topological polar surface area (TPSA) is 67.1 Å². The van der Waals surface area contributed by atoms with Gasteiger partial charge in [0.1, 0.15) is 0 Å². The van der Waals surface area contributed by atoms with Crippen LogP contribution in [0.5, 0.6) is 0 Å². The van der Waals surface area contributed by atoms with E-state index in [1.165, 1.54) is 0 Å². The van der Waals surface area contributed by atoms with Crippen LogP contribution in [0.15, 0.2) is 24.3 Å². The standard InChI is InChI=1S/C14H19N5/c1-19(10-6-8-16-9-7-10)14-13(15)17-11-4-2-3-5-12(11)18-14/h2-5,10,16H,6-9H2,1H3,(H2,15,17). The van der Waals surface area contributed by atoms with Gasteiger partial charge in [-0.05, 0) is 38.1 Å². The molecular formula is C14H19N5. The maximum atomic E-state index is 6.06. The highest BCUT2D eigenvalue weighted by Gasteiger charge is 2.21. The minimum atomic E-state index is 0.485. The Morgan fingerprint density at radius 3 is 2.47 bits per heavy atom. The van der Waals surface area contributed by atoms with Gasteiger partial charge in [-0.15, -0.1) is 0 Å². The Morgan fingerprint density at radius 2 is 1.79 bits per heavy atom. The quantitative estimate of drug-likeness (QED) is 0.851. The molecule has 1 aliphatic heterocycles. The lowest BCUT2D eigenvalue weighted by Gasteiger charge is -2.32. The van der Waals surface area contributed by atoms with E-state index in [0.29, 0.717) is 11.9 Å². The molecule has 1 aliphatic rings. The van der Waals surface area contributed by atoms with Crippen LogP contribution in [0.4, 0.5) is 11.6 Å². The zero-order valence-electron chi connectivity index (χ0n) is 11.1. The Kier molecular flexibility index (Phi) is 3.21. The number of fused-ring (bicyclic) bond motifs is 1. The molecule has 2 aromatic rings. The normalized spacial score (nSPS) is 16.7. The lowest BCUT2D eigenvalue weighted by Crippen LogP contribution is -2.41. The molecular weight excluding hydrogens is 238 g/mol. The minimum absolute atomic E-state index is 0.485. The van der Waals surface area contributed by atoms with Crippen molar-refractivity contribution in [3.63, 3.8) is 0 Å². The number of nitrogens with two attached hydrogens (primary N) is 1. The molecule has 2 heterocycles. The molecule has 0 atom stereocenters. The van der Waals surface area contributed by atoms with Crippen molar-refractivity contribution in [1.82, 2.24) is 15.3 Å². The maximum absolute atomic E-state index is 6.06. The number of benzene rings is 1. The summed E-state index contributed by atoms with van der Waals surface area (Å²) < 4.78 is 0. The fourth-order valence-electron chi connectivity index (χ4n) is 2.63. The number of rotatable bonds is 2. The van der Waals surface area contributed by atoms with Crippen molar-refractivity contribution < 1.29 is 0 Å². The van der Waals surface area contributed by atoms with Gasteiger partial charge < -0.3 is 16.0 Å². The molecule has 0 aliphatic carbocycles. The van der Waals surface area contributed by atoms with Crippen LogP contribution in [0.3, 0.4) is 0 Å². The van der Waals surface area contributed by atoms with E-state index in [1.54, 1.807) is 0 Å². The summed E-state index contributed by atoms with van der Waals surface area (Å²) in [7, 11) is 2.06. The number of aromatic nitrogens is 2. The predicted molar refractivity (Wildman–Crippen MR) is 78.2 cm³/mol. The number of nitrogens with zero attached hydrogens (tertiary/aromatic N) is 3. The first kappa shape index (κ1) is 12.2. The minimum Gasteiger partial charge on any atom is -0.381 e. The van der Waals surface area contributed by atoms with E-state index in [4.69, 9.17) is 5.73 Å². The van der Waals surface area contributed by atoms with Gasteiger partial charge in [-0.1, -0.05) is 12.1 Å². The molecule has 0 saturated carbocycles. The average molecular weight is 257 g/mol. The number of hydrogen-bond acceptors (Lipinski definition) is 5. The number of piperidine rings is 1. The summed E-state index contributed by atoms with van der Waals surface area (Å²) in [6.45, 7) is 2.10. The lowest BCUT2D eigenvalue weighted by molar-refractivity contribution is 0.442. The van der Waals surface area contributed by atoms with E-state index >= 15 is 0 Å². The van der Waals surface area contributed by atoms with Crippen molar-refractivity contribution in [3.8, 4) is 0 Å². The average Bonchev–Trinajstić information content (AvgIpc) is 2.47. The van der Waals surface area contributed by atoms with Crippen molar-refractivity contribution >= 4 is 22.7 Å². The fraction of sp³-hybridized carbons (Fsp3) is 0.429. The van der Waals surface area contributed by atoms with Gasteiger partial charge in [0.15, 0.2) is 11.6 Å². The summed E-state index contributed by atoms with van der Waals surface area (Å²) in [5.74, 6) is 1.31. The SMILES string of the molecule is CN(c1nc2ccccc2nc1N)C1CCNCC1. The van der Waals surface area contributed by atoms with Gasteiger partial charge in [0.2, 0.25) is 0 Å². The Morgan fingerprint density at radius 1 is 1.16 bits per heavy atom. The van der Waals surface area contributed by atoms with E-state index in [9.17, 15) is 0 Å². The molecule has 0 radical (unpaired) electrons. The van der Waals surface area contributed by atoms with Crippen molar-refractivity contribution in [2.45, 2.75) is 18.9 Å². The molecule has 5 nitrogen and oxygen atoms in total. The van der Waals surface area contributed by atoms with Crippen LogP contribution < -0.4 is 16.0 Å². The van der Waals surface area contributed by atoms with Gasteiger partial charge in [0, 0.05) is 13.1 Å². The van der Waals surface area contributed by atoms with Gasteiger partial charge >= 0.3 is 0 Å². The van der Waals surface area contributed by atoms with E-state index in [0.717, 1.165) is 42.8 Å². The maximum Gasteiger partial charge on any atom is 0.172 e. The summed E-state index contributed by atoms with van der Waals surface area (Å²) in [5.41, 5.74) is 7.81. The third kappa shape index (κ3) is 2.33. The largest absolute Gasteiger partial charge is 0.381 e. The van der Waals surface area contributed by atoms with E-state index in [-0.39, 0.29) is 0 Å². The van der Waals surface area contributed by atoms with Gasteiger partial charge in [0.25, 0.3) is 0 Å². The summed E-state index contributed by atoms with van der Waals surface area (Å²) in [4.78, 5) is 11.3. The highest BCUT2D eigenvalue weighted by Crippen LogP contribution is 2.25. The molecule has 0 spiro atoms. The first-order valence-corrected chi connectivity index (χ1v) is 6.71. The van der Waals surface area contributed by atoms with Gasteiger partial charge in [-0.25, -0.2) is 9.97 Å². The van der Waals surface area contributed by atoms with E-state index < -0.39 is 0 Å². The first-order valence-electron chi connectivity index (χ1n) is 6.71. The van der Waals surface area contributed by atoms with Crippen LogP contribution in [0.2, 0.25) is 0 Å². The Labute approximate surface area is 112 Å². The Hall–Kier alpha value is -1.88. The molecule has 1 fully saturated rings. The van der Waals surface area contributed by atoms with Gasteiger partial charge in [-0.2, -0.15) is 0 Å². The van der Waals surface area contributed by atoms with Crippen molar-refractivity contribution in [3.05, 3.63) is 24.3 Å². The highest BCUT2D eigenvalue weighted by molar-refractivity contribution is 5.79. The van der Waals surface area contributed by atoms with Crippen LogP contribution >= 0.6 is 0 Å². The van der Waals surface area contributed by atoms with Crippen LogP contribution in [-0.2, 0) is 0 Å². The van der Waals surface area contributed by atoms with Crippen molar-refractivity contribution in [1.29, 1.82) is 0 Å². The molecule has 3 N–H and O–H groups in total. The second-order valence-corrected chi connectivity index (χ2v) is 5.01. The summed E-state index contributed by atoms with van der Waals surface area (Å²) in [5, 5.41) is 3.37. The molecule has 19 heavy (non-hydrogen) atoms. The summed E-state index contributed by atoms with van der Waals surface area (Å²) >= 11 is 0. The van der Waals surface area contributed by atoms with Crippen LogP contribution in [0.1, 0.15) is 12.8 Å². The number of nitrogen functional groups attached to an aromatic ring is 1. The molecule has 1 saturated heterocycles. The molecule has 0 amide bonds. The third-order valence-electron chi connectivity index (χ3n) is 3.77. The third-order valence-corrected chi connectivity index (χ3v) is 3.77. The van der Waals surface area contributed by atoms with Crippen LogP contribution in [0, 0.1) is 0 Å². The second-order valence-electron chi connectivity index (χ2n) is 5.01. The predicted octanol–water partition coefficient (Wildman–Crippen LogP) is 1.40. The summed E-state index contributed by atoms with van der Waals surface area (Å²) in [6.07, 6.45) is 2.23. The molecule has 100 valence electrons. The number of para-hydroxylation sites is 2. The summed E-state index contributed by atoms with van der Waals surface area (Å²) in [6, 6.07) is 8.32. The van der Waals surface area contributed by atoms with Gasteiger partial charge in [0.05, 0.1) is 11.0 Å². The van der Waals surface area contributed by atoms with E-state index in [1.807, 2.05) is 24.3 Å². The first-order chi connectivity index (χ1) is 9.25. The zero-order chi connectivity index (χ0) is 13.2. The monoisotopic (exact) mass is 257 g/mol. The van der Waals surface area contributed by atoms with Crippen molar-refractivity contribution in [2.24, 2.45) is 0 Å². The number of nitrogens with one attached hydrogen (secondary N) is 1. The van der Waals surface area contributed by atoms with Crippen LogP contribution in [-0.4, -0.2) is 36.1 Å². The number of anilines is 2. The van der Waals surface area contributed by atoms with Crippen molar-refractivity contribution in [2.75, 3.05) is 30.8 Å². The second kappa shape index (κ2) is 5.01. The van der Waals surface area contributed by atoms with Crippen LogP contribution in [0.25, 0.3) is 11.0 Å². The lowest BCUT2D eigenvalue weighted by atomic mass is 10.1. The molecule has 5 heteroatoms. The molecule has 0 bridgehead atoms. The molecule has 1 aromatic heterocycles. The Balaban J connectivity index is 1.96. The molecule has 1 aromatic carbocycles.